The fraction of sp³-hybridized carbons (Fsp3) is 0.389. The summed E-state index contributed by atoms with van der Waals surface area (Å²) >= 11 is 0. The summed E-state index contributed by atoms with van der Waals surface area (Å²) in [6.07, 6.45) is 0.786. The highest BCUT2D eigenvalue weighted by atomic mass is 16.6. The van der Waals surface area contributed by atoms with Gasteiger partial charge in [0.15, 0.2) is 0 Å². The smallest absolute Gasteiger partial charge is 0.415 e. The Kier molecular flexibility index (Phi) is 8.12. The van der Waals surface area contributed by atoms with Crippen LogP contribution in [0.15, 0.2) is 78.9 Å². The van der Waals surface area contributed by atoms with Crippen LogP contribution >= 0.6 is 0 Å². The second-order valence-electron chi connectivity index (χ2n) is 13.4. The number of benzene rings is 3. The second-order valence-corrected chi connectivity index (χ2v) is 13.4. The van der Waals surface area contributed by atoms with Crippen LogP contribution in [0.2, 0.25) is 0 Å². The highest BCUT2D eigenvalue weighted by molar-refractivity contribution is 6.02. The van der Waals surface area contributed by atoms with Crippen LogP contribution in [0.1, 0.15) is 61.9 Å². The maximum Gasteiger partial charge on any atom is 0.415 e. The van der Waals surface area contributed by atoms with E-state index in [9.17, 15) is 24.3 Å². The van der Waals surface area contributed by atoms with Gasteiger partial charge in [-0.3, -0.25) is 14.5 Å². The Morgan fingerprint density at radius 3 is 2.07 bits per heavy atom. The third-order valence-electron chi connectivity index (χ3n) is 9.01. The fourth-order valence-electron chi connectivity index (χ4n) is 6.86. The molecule has 0 spiro atoms. The monoisotopic (exact) mass is 609 g/mol. The molecule has 9 nitrogen and oxygen atoms in total. The lowest BCUT2D eigenvalue weighted by molar-refractivity contribution is -0.155. The van der Waals surface area contributed by atoms with Gasteiger partial charge in [0.2, 0.25) is 11.8 Å². The Morgan fingerprint density at radius 2 is 1.38 bits per heavy atom. The molecule has 0 radical (unpaired) electrons. The van der Waals surface area contributed by atoms with Gasteiger partial charge in [-0.05, 0) is 46.6 Å². The molecule has 3 aromatic rings. The van der Waals surface area contributed by atoms with Gasteiger partial charge in [0.05, 0.1) is 18.3 Å². The molecule has 3 aliphatic heterocycles. The number of nitrogens with zero attached hydrogens (tertiary/aromatic N) is 3. The summed E-state index contributed by atoms with van der Waals surface area (Å²) < 4.78 is 5.72. The average molecular weight is 610 g/mol. The predicted octanol–water partition coefficient (Wildman–Crippen LogP) is 5.37. The van der Waals surface area contributed by atoms with Crippen LogP contribution in [-0.4, -0.2) is 63.5 Å². The van der Waals surface area contributed by atoms with Crippen molar-refractivity contribution in [3.63, 3.8) is 0 Å². The average Bonchev–Trinajstić information content (AvgIpc) is 3.65. The number of ether oxygens (including phenoxy) is 1. The quantitative estimate of drug-likeness (QED) is 0.417. The second kappa shape index (κ2) is 12.0. The van der Waals surface area contributed by atoms with Crippen molar-refractivity contribution in [2.75, 3.05) is 11.5 Å². The van der Waals surface area contributed by atoms with Crippen LogP contribution in [-0.2, 0) is 38.5 Å². The number of rotatable bonds is 5. The van der Waals surface area contributed by atoms with Crippen molar-refractivity contribution >= 4 is 29.6 Å². The van der Waals surface area contributed by atoms with Crippen molar-refractivity contribution in [1.29, 1.82) is 0 Å². The number of anilines is 1. The number of fused-ring (bicyclic) bond motifs is 2. The van der Waals surface area contributed by atoms with Gasteiger partial charge in [0, 0.05) is 19.4 Å². The van der Waals surface area contributed by atoms with Crippen molar-refractivity contribution in [1.82, 2.24) is 9.80 Å². The summed E-state index contributed by atoms with van der Waals surface area (Å²) in [6, 6.07) is 21.3. The lowest BCUT2D eigenvalue weighted by Gasteiger charge is -2.40. The number of carboxylic acid groups (broad SMARTS) is 1. The van der Waals surface area contributed by atoms with Gasteiger partial charge in [-0.25, -0.2) is 9.59 Å². The fourth-order valence-corrected chi connectivity index (χ4v) is 6.86. The van der Waals surface area contributed by atoms with E-state index in [1.165, 1.54) is 9.80 Å². The summed E-state index contributed by atoms with van der Waals surface area (Å²) in [7, 11) is 0. The van der Waals surface area contributed by atoms with Gasteiger partial charge in [0.1, 0.15) is 18.1 Å². The minimum Gasteiger partial charge on any atom is -0.480 e. The first-order valence-electron chi connectivity index (χ1n) is 15.5. The van der Waals surface area contributed by atoms with Crippen molar-refractivity contribution in [2.24, 2.45) is 5.41 Å². The Morgan fingerprint density at radius 1 is 0.756 bits per heavy atom. The standard InChI is InChI=1S/C36H39N3O6/c1-36(2,3)22-45-35(44)39-27-16-10-9-14-25(27)20-30(39)33(41)38-28(23-11-5-4-6-12-23)17-18-29(38)32(40)37-21-26-15-8-7-13-24(26)19-31(37)34(42)43/h4-16,28-31H,17-22H2,1-3H3,(H,42,43)/t28-,29+,30+,31+/m0/s1. The number of hydrogen-bond donors (Lipinski definition) is 1. The molecule has 0 bridgehead atoms. The number of carbonyl (C=O) groups excluding carboxylic acids is 3. The lowest BCUT2D eigenvalue weighted by Crippen LogP contribution is -2.58. The molecule has 3 amide bonds. The zero-order valence-corrected chi connectivity index (χ0v) is 25.9. The molecule has 6 rings (SSSR count). The number of aliphatic carboxylic acids is 1. The molecule has 0 saturated carbocycles. The molecular weight excluding hydrogens is 570 g/mol. The highest BCUT2D eigenvalue weighted by Gasteiger charge is 2.50. The first-order chi connectivity index (χ1) is 21.5. The summed E-state index contributed by atoms with van der Waals surface area (Å²) in [4.78, 5) is 59.8. The summed E-state index contributed by atoms with van der Waals surface area (Å²) in [5, 5.41) is 10.2. The largest absolute Gasteiger partial charge is 0.480 e. The number of likely N-dealkylation sites (tertiary alicyclic amines) is 1. The SMILES string of the molecule is CC(C)(C)COC(=O)N1c2ccccc2C[C@@H]1C(=O)N1[C@@H](C(=O)N2Cc3ccccc3C[C@@H]2C(=O)O)CC[C@H]1c1ccccc1. The molecule has 0 aliphatic carbocycles. The molecule has 234 valence electrons. The van der Waals surface area contributed by atoms with E-state index in [-0.39, 0.29) is 43.2 Å². The van der Waals surface area contributed by atoms with Gasteiger partial charge in [0.25, 0.3) is 0 Å². The maximum atomic E-state index is 14.8. The number of carboxylic acids is 1. The Balaban J connectivity index is 1.36. The minimum absolute atomic E-state index is 0.153. The molecule has 9 heteroatoms. The van der Waals surface area contributed by atoms with Crippen molar-refractivity contribution in [3.05, 3.63) is 101 Å². The first-order valence-corrected chi connectivity index (χ1v) is 15.5. The maximum absolute atomic E-state index is 14.8. The molecule has 4 atom stereocenters. The first kappa shape index (κ1) is 30.4. The van der Waals surface area contributed by atoms with Crippen LogP contribution in [0.4, 0.5) is 10.5 Å². The third-order valence-corrected chi connectivity index (χ3v) is 9.01. The molecule has 0 unspecified atom stereocenters. The lowest BCUT2D eigenvalue weighted by atomic mass is 9.93. The van der Waals surface area contributed by atoms with E-state index in [1.807, 2.05) is 99.6 Å². The molecule has 3 aromatic carbocycles. The summed E-state index contributed by atoms with van der Waals surface area (Å²) in [6.45, 7) is 6.23. The molecule has 1 N–H and O–H groups in total. The topological polar surface area (TPSA) is 107 Å². The van der Waals surface area contributed by atoms with E-state index in [0.29, 0.717) is 18.5 Å². The van der Waals surface area contributed by atoms with E-state index in [4.69, 9.17) is 4.74 Å². The Hall–Kier alpha value is -4.66. The minimum atomic E-state index is -1.08. The van der Waals surface area contributed by atoms with Crippen LogP contribution in [0.5, 0.6) is 0 Å². The van der Waals surface area contributed by atoms with Gasteiger partial charge >= 0.3 is 12.1 Å². The summed E-state index contributed by atoms with van der Waals surface area (Å²) in [5.74, 6) is -1.82. The van der Waals surface area contributed by atoms with Crippen molar-refractivity contribution < 1.29 is 29.0 Å². The van der Waals surface area contributed by atoms with E-state index in [1.54, 1.807) is 4.90 Å². The van der Waals surface area contributed by atoms with E-state index >= 15 is 0 Å². The number of carbonyl (C=O) groups is 4. The van der Waals surface area contributed by atoms with E-state index in [2.05, 4.69) is 0 Å². The summed E-state index contributed by atoms with van der Waals surface area (Å²) in [5.41, 5.74) is 3.89. The number of amides is 3. The molecule has 1 saturated heterocycles. The Bertz CT molecular complexity index is 1620. The van der Waals surface area contributed by atoms with Crippen LogP contribution in [0.25, 0.3) is 0 Å². The van der Waals surface area contributed by atoms with Crippen LogP contribution in [0, 0.1) is 5.41 Å². The van der Waals surface area contributed by atoms with Gasteiger partial charge in [-0.2, -0.15) is 0 Å². The molecule has 45 heavy (non-hydrogen) atoms. The zero-order chi connectivity index (χ0) is 31.9. The molecule has 1 fully saturated rings. The van der Waals surface area contributed by atoms with Crippen LogP contribution in [0.3, 0.4) is 0 Å². The predicted molar refractivity (Wildman–Crippen MR) is 168 cm³/mol. The normalized spacial score (nSPS) is 22.5. The zero-order valence-electron chi connectivity index (χ0n) is 25.9. The number of para-hydroxylation sites is 1. The molecule has 3 heterocycles. The van der Waals surface area contributed by atoms with Crippen LogP contribution < -0.4 is 4.90 Å². The molecule has 0 aromatic heterocycles. The van der Waals surface area contributed by atoms with Gasteiger partial charge < -0.3 is 19.6 Å². The Labute approximate surface area is 263 Å². The van der Waals surface area contributed by atoms with Crippen molar-refractivity contribution in [3.8, 4) is 0 Å². The van der Waals surface area contributed by atoms with Gasteiger partial charge in [-0.1, -0.05) is 93.6 Å². The third kappa shape index (κ3) is 5.91. The van der Waals surface area contributed by atoms with E-state index < -0.39 is 36.2 Å². The highest BCUT2D eigenvalue weighted by Crippen LogP contribution is 2.41. The molecular formula is C36H39N3O6. The van der Waals surface area contributed by atoms with Crippen molar-refractivity contribution in [2.45, 2.75) is 77.2 Å². The number of hydrogen-bond acceptors (Lipinski definition) is 5. The van der Waals surface area contributed by atoms with E-state index in [0.717, 1.165) is 22.3 Å². The van der Waals surface area contributed by atoms with Gasteiger partial charge in [-0.15, -0.1) is 0 Å². The molecule has 3 aliphatic rings.